The van der Waals surface area contributed by atoms with Crippen molar-refractivity contribution in [3.8, 4) is 0 Å². The molecule has 0 unspecified atom stereocenters. The minimum Gasteiger partial charge on any atom is -0.378 e. The largest absolute Gasteiger partial charge is 0.378 e. The van der Waals surface area contributed by atoms with Gasteiger partial charge in [-0.25, -0.2) is 0 Å². The maximum Gasteiger partial charge on any atom is 0.0361 e. The molecule has 0 bridgehead atoms. The molecule has 12 heavy (non-hydrogen) atoms. The summed E-state index contributed by atoms with van der Waals surface area (Å²) in [4.78, 5) is 2.02. The maximum atomic E-state index is 3.98. The third-order valence-corrected chi connectivity index (χ3v) is 1.92. The van der Waals surface area contributed by atoms with Crippen molar-refractivity contribution in [2.45, 2.75) is 6.92 Å². The minimum absolute atomic E-state index is 1.05. The zero-order valence-electron chi connectivity index (χ0n) is 7.96. The van der Waals surface area contributed by atoms with Crippen LogP contribution in [0.25, 0.3) is 5.70 Å². The second-order valence-corrected chi connectivity index (χ2v) is 3.21. The first-order chi connectivity index (χ1) is 5.61. The van der Waals surface area contributed by atoms with Crippen molar-refractivity contribution < 1.29 is 0 Å². The Morgan fingerprint density at radius 1 is 1.17 bits per heavy atom. The van der Waals surface area contributed by atoms with Gasteiger partial charge in [-0.05, 0) is 12.5 Å². The Morgan fingerprint density at radius 2 is 1.67 bits per heavy atom. The fourth-order valence-electron chi connectivity index (χ4n) is 1.00. The zero-order chi connectivity index (χ0) is 9.14. The molecule has 0 radical (unpaired) electrons. The third-order valence-electron chi connectivity index (χ3n) is 1.92. The van der Waals surface area contributed by atoms with E-state index < -0.39 is 0 Å². The van der Waals surface area contributed by atoms with Gasteiger partial charge < -0.3 is 4.90 Å². The van der Waals surface area contributed by atoms with E-state index in [-0.39, 0.29) is 0 Å². The molecule has 0 spiro atoms. The van der Waals surface area contributed by atoms with E-state index in [1.165, 1.54) is 11.1 Å². The summed E-state index contributed by atoms with van der Waals surface area (Å²) in [5.41, 5.74) is 3.52. The second-order valence-electron chi connectivity index (χ2n) is 3.21. The summed E-state index contributed by atoms with van der Waals surface area (Å²) in [5, 5.41) is 0. The van der Waals surface area contributed by atoms with Gasteiger partial charge in [0.05, 0.1) is 0 Å². The molecule has 0 aliphatic heterocycles. The van der Waals surface area contributed by atoms with E-state index in [1.807, 2.05) is 19.0 Å². The number of benzene rings is 1. The molecule has 1 aromatic rings. The van der Waals surface area contributed by atoms with E-state index in [4.69, 9.17) is 0 Å². The predicted octanol–water partition coefficient (Wildman–Crippen LogP) is 2.53. The number of nitrogens with zero attached hydrogens (tertiary/aromatic N) is 1. The van der Waals surface area contributed by atoms with Crippen LogP contribution in [0.1, 0.15) is 11.1 Å². The van der Waals surface area contributed by atoms with Gasteiger partial charge in [0.25, 0.3) is 0 Å². The van der Waals surface area contributed by atoms with E-state index in [1.54, 1.807) is 0 Å². The fourth-order valence-corrected chi connectivity index (χ4v) is 1.00. The van der Waals surface area contributed by atoms with E-state index in [9.17, 15) is 0 Å². The SMILES string of the molecule is C=C(c1ccc(C)cc1)N(C)C. The van der Waals surface area contributed by atoms with Gasteiger partial charge in [-0.2, -0.15) is 0 Å². The topological polar surface area (TPSA) is 3.24 Å². The van der Waals surface area contributed by atoms with E-state index in [0.717, 1.165) is 5.70 Å². The smallest absolute Gasteiger partial charge is 0.0361 e. The molecule has 0 amide bonds. The van der Waals surface area contributed by atoms with E-state index >= 15 is 0 Å². The molecule has 1 aromatic carbocycles. The second kappa shape index (κ2) is 3.44. The van der Waals surface area contributed by atoms with Gasteiger partial charge in [-0.1, -0.05) is 36.4 Å². The van der Waals surface area contributed by atoms with Crippen molar-refractivity contribution in [3.05, 3.63) is 42.0 Å². The lowest BCUT2D eigenvalue weighted by atomic mass is 10.1. The lowest BCUT2D eigenvalue weighted by Gasteiger charge is -2.15. The molecule has 0 aliphatic rings. The monoisotopic (exact) mass is 161 g/mol. The summed E-state index contributed by atoms with van der Waals surface area (Å²) < 4.78 is 0. The number of rotatable bonds is 2. The van der Waals surface area contributed by atoms with Crippen molar-refractivity contribution in [3.63, 3.8) is 0 Å². The Morgan fingerprint density at radius 3 is 2.08 bits per heavy atom. The summed E-state index contributed by atoms with van der Waals surface area (Å²) in [6, 6.07) is 8.39. The van der Waals surface area contributed by atoms with Gasteiger partial charge in [0.1, 0.15) is 0 Å². The summed E-state index contributed by atoms with van der Waals surface area (Å²) in [5.74, 6) is 0. The Hall–Kier alpha value is -1.24. The summed E-state index contributed by atoms with van der Waals surface area (Å²) in [6.45, 7) is 6.07. The molecule has 0 heterocycles. The molecule has 0 saturated carbocycles. The Balaban J connectivity index is 2.90. The van der Waals surface area contributed by atoms with Crippen molar-refractivity contribution >= 4 is 5.70 Å². The van der Waals surface area contributed by atoms with Crippen LogP contribution < -0.4 is 0 Å². The van der Waals surface area contributed by atoms with Crippen LogP contribution >= 0.6 is 0 Å². The highest BCUT2D eigenvalue weighted by Crippen LogP contribution is 2.14. The molecule has 0 N–H and O–H groups in total. The lowest BCUT2D eigenvalue weighted by molar-refractivity contribution is 0.593. The van der Waals surface area contributed by atoms with Gasteiger partial charge in [0.15, 0.2) is 0 Å². The minimum atomic E-state index is 1.05. The van der Waals surface area contributed by atoms with Gasteiger partial charge in [0.2, 0.25) is 0 Å². The van der Waals surface area contributed by atoms with Gasteiger partial charge in [0, 0.05) is 19.8 Å². The third kappa shape index (κ3) is 1.88. The molecule has 0 aliphatic carbocycles. The Bertz CT molecular complexity index is 270. The molecule has 0 fully saturated rings. The molecule has 0 saturated heterocycles. The number of hydrogen-bond acceptors (Lipinski definition) is 1. The van der Waals surface area contributed by atoms with Crippen molar-refractivity contribution in [2.75, 3.05) is 14.1 Å². The fraction of sp³-hybridized carbons (Fsp3) is 0.273. The van der Waals surface area contributed by atoms with Crippen molar-refractivity contribution in [1.29, 1.82) is 0 Å². The van der Waals surface area contributed by atoms with Crippen LogP contribution in [0.15, 0.2) is 30.8 Å². The standard InChI is InChI=1S/C11H15N/c1-9-5-7-11(8-6-9)10(2)12(3)4/h5-8H,2H2,1,3-4H3. The van der Waals surface area contributed by atoms with Crippen molar-refractivity contribution in [2.24, 2.45) is 0 Å². The first-order valence-electron chi connectivity index (χ1n) is 4.04. The molecule has 1 rings (SSSR count). The normalized spacial score (nSPS) is 9.58. The quantitative estimate of drug-likeness (QED) is 0.644. The van der Waals surface area contributed by atoms with Crippen molar-refractivity contribution in [1.82, 2.24) is 4.90 Å². The molecular weight excluding hydrogens is 146 g/mol. The maximum absolute atomic E-state index is 3.98. The molecule has 1 nitrogen and oxygen atoms in total. The highest BCUT2D eigenvalue weighted by atomic mass is 15.1. The van der Waals surface area contributed by atoms with Crippen LogP contribution in [-0.4, -0.2) is 19.0 Å². The number of hydrogen-bond donors (Lipinski definition) is 0. The molecule has 0 atom stereocenters. The van der Waals surface area contributed by atoms with Crippen LogP contribution in [0, 0.1) is 6.92 Å². The first-order valence-corrected chi connectivity index (χ1v) is 4.04. The average molecular weight is 161 g/mol. The zero-order valence-corrected chi connectivity index (χ0v) is 7.96. The van der Waals surface area contributed by atoms with Crippen LogP contribution in [0.2, 0.25) is 0 Å². The average Bonchev–Trinajstić information content (AvgIpc) is 2.04. The van der Waals surface area contributed by atoms with Crippen LogP contribution in [0.4, 0.5) is 0 Å². The molecule has 64 valence electrons. The predicted molar refractivity (Wildman–Crippen MR) is 53.9 cm³/mol. The summed E-state index contributed by atoms with van der Waals surface area (Å²) in [7, 11) is 4.00. The Labute approximate surface area is 74.3 Å². The highest BCUT2D eigenvalue weighted by molar-refractivity contribution is 5.61. The lowest BCUT2D eigenvalue weighted by Crippen LogP contribution is -2.08. The number of aryl methyl sites for hydroxylation is 1. The van der Waals surface area contributed by atoms with E-state index in [0.29, 0.717) is 0 Å². The summed E-state index contributed by atoms with van der Waals surface area (Å²) >= 11 is 0. The molecule has 0 aromatic heterocycles. The van der Waals surface area contributed by atoms with Crippen LogP contribution in [0.3, 0.4) is 0 Å². The van der Waals surface area contributed by atoms with E-state index in [2.05, 4.69) is 37.8 Å². The van der Waals surface area contributed by atoms with Gasteiger partial charge >= 0.3 is 0 Å². The van der Waals surface area contributed by atoms with Gasteiger partial charge in [-0.3, -0.25) is 0 Å². The van der Waals surface area contributed by atoms with Crippen LogP contribution in [-0.2, 0) is 0 Å². The Kier molecular flexibility index (Phi) is 2.54. The highest BCUT2D eigenvalue weighted by Gasteiger charge is 1.98. The van der Waals surface area contributed by atoms with Gasteiger partial charge in [-0.15, -0.1) is 0 Å². The first kappa shape index (κ1) is 8.85. The molecular formula is C11H15N. The van der Waals surface area contributed by atoms with Crippen LogP contribution in [0.5, 0.6) is 0 Å². The molecule has 1 heteroatoms. The summed E-state index contributed by atoms with van der Waals surface area (Å²) in [6.07, 6.45) is 0.